The Kier molecular flexibility index (Phi) is 4.46. The minimum Gasteiger partial charge on any atom is -0.399 e. The summed E-state index contributed by atoms with van der Waals surface area (Å²) >= 11 is 9.62. The van der Waals surface area contributed by atoms with E-state index in [4.69, 9.17) is 17.3 Å². The van der Waals surface area contributed by atoms with E-state index in [1.807, 2.05) is 24.3 Å². The molecule has 1 heterocycles. The molecule has 0 aliphatic carbocycles. The van der Waals surface area contributed by atoms with E-state index in [1.54, 1.807) is 30.3 Å². The van der Waals surface area contributed by atoms with E-state index < -0.39 is 0 Å². The number of pyridine rings is 1. The number of nitrogen functional groups attached to an aromatic ring is 1. The van der Waals surface area contributed by atoms with Crippen molar-refractivity contribution in [1.29, 1.82) is 0 Å². The first kappa shape index (κ1) is 15.7. The van der Waals surface area contributed by atoms with Gasteiger partial charge in [0.1, 0.15) is 5.15 Å². The maximum atomic E-state index is 12.2. The highest BCUT2D eigenvalue weighted by atomic mass is 79.9. The van der Waals surface area contributed by atoms with Crippen LogP contribution in [0, 0.1) is 0 Å². The molecule has 3 aromatic rings. The zero-order valence-electron chi connectivity index (χ0n) is 12.0. The van der Waals surface area contributed by atoms with Crippen molar-refractivity contribution in [3.8, 4) is 0 Å². The molecule has 0 fully saturated rings. The SMILES string of the molecule is Nc1ccc(C(=O)/C=C/c2cc3cc(Br)ccc3nc2Cl)cc1. The molecule has 1 aromatic heterocycles. The number of carbonyl (C=O) groups is 1. The van der Waals surface area contributed by atoms with Gasteiger partial charge in [-0.3, -0.25) is 4.79 Å². The Morgan fingerprint density at radius 2 is 1.87 bits per heavy atom. The third kappa shape index (κ3) is 3.60. The van der Waals surface area contributed by atoms with Crippen LogP contribution in [0.25, 0.3) is 17.0 Å². The largest absolute Gasteiger partial charge is 0.399 e. The molecular weight excluding hydrogens is 376 g/mol. The molecule has 3 rings (SSSR count). The molecule has 23 heavy (non-hydrogen) atoms. The number of fused-ring (bicyclic) bond motifs is 1. The van der Waals surface area contributed by atoms with Crippen LogP contribution in [-0.4, -0.2) is 10.8 Å². The second kappa shape index (κ2) is 6.52. The first-order valence-electron chi connectivity index (χ1n) is 6.87. The first-order chi connectivity index (χ1) is 11.0. The van der Waals surface area contributed by atoms with Gasteiger partial charge in [0, 0.05) is 26.7 Å². The van der Waals surface area contributed by atoms with Crippen LogP contribution in [0.5, 0.6) is 0 Å². The fourth-order valence-electron chi connectivity index (χ4n) is 2.17. The van der Waals surface area contributed by atoms with Crippen LogP contribution < -0.4 is 5.73 Å². The van der Waals surface area contributed by atoms with Gasteiger partial charge in [-0.1, -0.05) is 27.5 Å². The van der Waals surface area contributed by atoms with E-state index in [-0.39, 0.29) is 5.78 Å². The smallest absolute Gasteiger partial charge is 0.185 e. The van der Waals surface area contributed by atoms with Crippen LogP contribution in [0.4, 0.5) is 5.69 Å². The number of aromatic nitrogens is 1. The molecule has 0 atom stereocenters. The van der Waals surface area contributed by atoms with Gasteiger partial charge in [0.25, 0.3) is 0 Å². The van der Waals surface area contributed by atoms with Gasteiger partial charge in [0.2, 0.25) is 0 Å². The first-order valence-corrected chi connectivity index (χ1v) is 8.04. The van der Waals surface area contributed by atoms with Crippen LogP contribution in [-0.2, 0) is 0 Å². The van der Waals surface area contributed by atoms with Crippen LogP contribution >= 0.6 is 27.5 Å². The minimum absolute atomic E-state index is 0.115. The van der Waals surface area contributed by atoms with E-state index in [0.717, 1.165) is 15.4 Å². The summed E-state index contributed by atoms with van der Waals surface area (Å²) in [5, 5.41) is 1.31. The summed E-state index contributed by atoms with van der Waals surface area (Å²) in [4.78, 5) is 16.5. The van der Waals surface area contributed by atoms with Gasteiger partial charge in [-0.25, -0.2) is 4.98 Å². The lowest BCUT2D eigenvalue weighted by atomic mass is 10.1. The summed E-state index contributed by atoms with van der Waals surface area (Å²) in [6, 6.07) is 14.4. The zero-order valence-corrected chi connectivity index (χ0v) is 14.3. The highest BCUT2D eigenvalue weighted by Crippen LogP contribution is 2.24. The number of carbonyl (C=O) groups excluding carboxylic acids is 1. The fourth-order valence-corrected chi connectivity index (χ4v) is 2.75. The van der Waals surface area contributed by atoms with E-state index >= 15 is 0 Å². The molecule has 5 heteroatoms. The zero-order chi connectivity index (χ0) is 16.4. The minimum atomic E-state index is -0.115. The summed E-state index contributed by atoms with van der Waals surface area (Å²) < 4.78 is 0.960. The lowest BCUT2D eigenvalue weighted by molar-refractivity contribution is 0.104. The molecule has 0 aliphatic heterocycles. The maximum absolute atomic E-state index is 12.2. The van der Waals surface area contributed by atoms with Crippen molar-refractivity contribution in [1.82, 2.24) is 4.98 Å². The van der Waals surface area contributed by atoms with E-state index in [9.17, 15) is 4.79 Å². The average Bonchev–Trinajstić information content (AvgIpc) is 2.53. The molecule has 0 aliphatic rings. The normalized spacial score (nSPS) is 11.2. The quantitative estimate of drug-likeness (QED) is 0.293. The summed E-state index contributed by atoms with van der Waals surface area (Å²) in [5.74, 6) is -0.115. The molecule has 0 saturated carbocycles. The van der Waals surface area contributed by atoms with Gasteiger partial charge in [-0.2, -0.15) is 0 Å². The van der Waals surface area contributed by atoms with Crippen molar-refractivity contribution >= 4 is 56.0 Å². The summed E-state index contributed by atoms with van der Waals surface area (Å²) in [6.45, 7) is 0. The predicted octanol–water partition coefficient (Wildman–Crippen LogP) is 5.13. The number of nitrogens with two attached hydrogens (primary N) is 1. The summed E-state index contributed by atoms with van der Waals surface area (Å²) in [6.07, 6.45) is 3.16. The number of allylic oxidation sites excluding steroid dienone is 1. The number of anilines is 1. The number of ketones is 1. The molecule has 0 bridgehead atoms. The molecule has 2 N–H and O–H groups in total. The summed E-state index contributed by atoms with van der Waals surface area (Å²) in [5.41, 5.74) is 8.31. The average molecular weight is 388 g/mol. The Labute approximate surface area is 146 Å². The third-order valence-corrected chi connectivity index (χ3v) is 4.16. The van der Waals surface area contributed by atoms with Crippen LogP contribution in [0.3, 0.4) is 0 Å². The molecule has 114 valence electrons. The molecule has 0 radical (unpaired) electrons. The number of hydrogen-bond donors (Lipinski definition) is 1. The van der Waals surface area contributed by atoms with Gasteiger partial charge in [0.05, 0.1) is 5.52 Å². The number of nitrogens with zero attached hydrogens (tertiary/aromatic N) is 1. The van der Waals surface area contributed by atoms with E-state index in [0.29, 0.717) is 22.0 Å². The lowest BCUT2D eigenvalue weighted by Crippen LogP contribution is -1.95. The highest BCUT2D eigenvalue weighted by Gasteiger charge is 2.05. The topological polar surface area (TPSA) is 56.0 Å². The van der Waals surface area contributed by atoms with Crippen molar-refractivity contribution in [2.24, 2.45) is 0 Å². The van der Waals surface area contributed by atoms with E-state index in [2.05, 4.69) is 20.9 Å². The molecule has 2 aromatic carbocycles. The highest BCUT2D eigenvalue weighted by molar-refractivity contribution is 9.10. The van der Waals surface area contributed by atoms with Crippen molar-refractivity contribution in [2.75, 3.05) is 5.73 Å². The van der Waals surface area contributed by atoms with Crippen LogP contribution in [0.2, 0.25) is 5.15 Å². The third-order valence-electron chi connectivity index (χ3n) is 3.37. The Morgan fingerprint density at radius 3 is 2.61 bits per heavy atom. The number of rotatable bonds is 3. The van der Waals surface area contributed by atoms with Crippen molar-refractivity contribution < 1.29 is 4.79 Å². The Hall–Kier alpha value is -2.17. The predicted molar refractivity (Wildman–Crippen MR) is 98.7 cm³/mol. The van der Waals surface area contributed by atoms with Gasteiger partial charge < -0.3 is 5.73 Å². The lowest BCUT2D eigenvalue weighted by Gasteiger charge is -2.03. The van der Waals surface area contributed by atoms with Crippen LogP contribution in [0.15, 0.2) is 59.1 Å². The van der Waals surface area contributed by atoms with Gasteiger partial charge in [0.15, 0.2) is 5.78 Å². The number of hydrogen-bond acceptors (Lipinski definition) is 3. The van der Waals surface area contributed by atoms with Crippen molar-refractivity contribution in [3.05, 3.63) is 75.4 Å². The standard InChI is InChI=1S/C18H12BrClN2O/c19-14-4-7-16-13(10-14)9-12(18(20)22-16)3-8-17(23)11-1-5-15(21)6-2-11/h1-10H,21H2/b8-3+. The monoisotopic (exact) mass is 386 g/mol. The van der Waals surface area contributed by atoms with Crippen LogP contribution in [0.1, 0.15) is 15.9 Å². The second-order valence-electron chi connectivity index (χ2n) is 5.03. The molecule has 3 nitrogen and oxygen atoms in total. The molecule has 0 unspecified atom stereocenters. The second-order valence-corrected chi connectivity index (χ2v) is 6.30. The molecular formula is C18H12BrClN2O. The maximum Gasteiger partial charge on any atom is 0.185 e. The van der Waals surface area contributed by atoms with E-state index in [1.165, 1.54) is 6.08 Å². The summed E-state index contributed by atoms with van der Waals surface area (Å²) in [7, 11) is 0. The number of benzene rings is 2. The Morgan fingerprint density at radius 1 is 1.13 bits per heavy atom. The molecule has 0 amide bonds. The van der Waals surface area contributed by atoms with Gasteiger partial charge in [-0.15, -0.1) is 0 Å². The van der Waals surface area contributed by atoms with Crippen molar-refractivity contribution in [3.63, 3.8) is 0 Å². The molecule has 0 saturated heterocycles. The number of halogens is 2. The van der Waals surface area contributed by atoms with Crippen molar-refractivity contribution in [2.45, 2.75) is 0 Å². The fraction of sp³-hybridized carbons (Fsp3) is 0. The molecule has 0 spiro atoms. The van der Waals surface area contributed by atoms with Gasteiger partial charge in [-0.05, 0) is 60.7 Å². The van der Waals surface area contributed by atoms with Gasteiger partial charge >= 0.3 is 0 Å². The Balaban J connectivity index is 1.92. The Bertz CT molecular complexity index is 920.